The van der Waals surface area contributed by atoms with Crippen molar-refractivity contribution in [2.75, 3.05) is 53.0 Å². The van der Waals surface area contributed by atoms with Crippen LogP contribution < -0.4 is 10.6 Å². The van der Waals surface area contributed by atoms with Gasteiger partial charge in [0.15, 0.2) is 5.96 Å². The molecule has 27 heavy (non-hydrogen) atoms. The Labute approximate surface area is 180 Å². The molecule has 8 heteroatoms. The van der Waals surface area contributed by atoms with Gasteiger partial charge < -0.3 is 24.5 Å². The largest absolute Gasteiger partial charge is 0.465 e. The Balaban J connectivity index is 0.00000364. The molecule has 2 heterocycles. The van der Waals surface area contributed by atoms with Gasteiger partial charge in [-0.05, 0) is 39.8 Å². The predicted octanol–water partition coefficient (Wildman–Crippen LogP) is 2.56. The van der Waals surface area contributed by atoms with E-state index >= 15 is 0 Å². The highest BCUT2D eigenvalue weighted by Gasteiger charge is 2.25. The van der Waals surface area contributed by atoms with Crippen LogP contribution in [-0.4, -0.2) is 69.5 Å². The van der Waals surface area contributed by atoms with Crippen LogP contribution in [0.15, 0.2) is 21.5 Å². The number of ether oxygens (including phenoxy) is 2. The number of furan rings is 1. The number of halogens is 1. The number of nitrogens with one attached hydrogen (secondary N) is 2. The normalized spacial score (nSPS) is 17.3. The summed E-state index contributed by atoms with van der Waals surface area (Å²) in [7, 11) is 1.71. The molecule has 1 fully saturated rings. The lowest BCUT2D eigenvalue weighted by Gasteiger charge is -2.33. The van der Waals surface area contributed by atoms with Gasteiger partial charge in [0, 0.05) is 33.3 Å². The highest BCUT2D eigenvalue weighted by atomic mass is 127. The quantitative estimate of drug-likeness (QED) is 0.329. The first-order chi connectivity index (χ1) is 12.4. The molecule has 0 amide bonds. The average Bonchev–Trinajstić information content (AvgIpc) is 3.07. The maximum atomic E-state index is 5.92. The summed E-state index contributed by atoms with van der Waals surface area (Å²) >= 11 is 0. The molecule has 7 nitrogen and oxygen atoms in total. The minimum atomic E-state index is -0.288. The van der Waals surface area contributed by atoms with E-state index in [9.17, 15) is 0 Å². The van der Waals surface area contributed by atoms with Crippen LogP contribution in [0.4, 0.5) is 0 Å². The van der Waals surface area contributed by atoms with Gasteiger partial charge in [-0.15, -0.1) is 24.0 Å². The number of nitrogens with zero attached hydrogens (tertiary/aromatic N) is 2. The zero-order valence-electron chi connectivity index (χ0n) is 17.2. The van der Waals surface area contributed by atoms with Crippen molar-refractivity contribution >= 4 is 29.9 Å². The zero-order chi connectivity index (χ0) is 19.0. The van der Waals surface area contributed by atoms with E-state index in [0.29, 0.717) is 13.1 Å². The van der Waals surface area contributed by atoms with Gasteiger partial charge >= 0.3 is 0 Å². The Morgan fingerprint density at radius 1 is 1.30 bits per heavy atom. The summed E-state index contributed by atoms with van der Waals surface area (Å²) in [5.41, 5.74) is -0.288. The van der Waals surface area contributed by atoms with Crippen LogP contribution >= 0.6 is 24.0 Å². The van der Waals surface area contributed by atoms with E-state index in [-0.39, 0.29) is 35.6 Å². The smallest absolute Gasteiger partial charge is 0.191 e. The molecular formula is C19H35IN4O3. The molecule has 0 radical (unpaired) electrons. The summed E-state index contributed by atoms with van der Waals surface area (Å²) in [5, 5.41) is 6.77. The lowest BCUT2D eigenvalue weighted by atomic mass is 10.1. The van der Waals surface area contributed by atoms with Crippen LogP contribution in [0.2, 0.25) is 0 Å². The van der Waals surface area contributed by atoms with Gasteiger partial charge in [-0.2, -0.15) is 0 Å². The van der Waals surface area contributed by atoms with E-state index in [1.165, 1.54) is 0 Å². The molecule has 1 unspecified atom stereocenters. The maximum absolute atomic E-state index is 5.92. The second-order valence-corrected chi connectivity index (χ2v) is 7.15. The molecule has 156 valence electrons. The molecule has 2 N–H and O–H groups in total. The van der Waals surface area contributed by atoms with Crippen LogP contribution in [0.3, 0.4) is 0 Å². The van der Waals surface area contributed by atoms with Crippen molar-refractivity contribution in [1.29, 1.82) is 0 Å². The third-order valence-corrected chi connectivity index (χ3v) is 4.55. The van der Waals surface area contributed by atoms with Gasteiger partial charge in [0.05, 0.1) is 31.4 Å². The third-order valence-electron chi connectivity index (χ3n) is 4.55. The Kier molecular flexibility index (Phi) is 10.6. The van der Waals surface area contributed by atoms with Crippen molar-refractivity contribution in [2.24, 2.45) is 4.99 Å². The molecule has 2 rings (SSSR count). The van der Waals surface area contributed by atoms with Crippen molar-refractivity contribution in [3.05, 3.63) is 23.7 Å². The first-order valence-corrected chi connectivity index (χ1v) is 9.40. The second-order valence-electron chi connectivity index (χ2n) is 7.15. The number of rotatable bonds is 8. The summed E-state index contributed by atoms with van der Waals surface area (Å²) in [4.78, 5) is 7.07. The fourth-order valence-corrected chi connectivity index (χ4v) is 2.80. The minimum absolute atomic E-state index is 0. The van der Waals surface area contributed by atoms with Crippen LogP contribution in [0.5, 0.6) is 0 Å². The van der Waals surface area contributed by atoms with Crippen molar-refractivity contribution in [2.45, 2.75) is 39.3 Å². The topological polar surface area (TPSA) is 71.3 Å². The number of morpholine rings is 1. The summed E-state index contributed by atoms with van der Waals surface area (Å²) < 4.78 is 16.9. The number of aliphatic imine (C=N–C) groups is 1. The lowest BCUT2D eigenvalue weighted by Crippen LogP contribution is -2.46. The fourth-order valence-electron chi connectivity index (χ4n) is 2.80. The van der Waals surface area contributed by atoms with E-state index in [0.717, 1.165) is 50.3 Å². The highest BCUT2D eigenvalue weighted by Crippen LogP contribution is 2.23. The molecule has 1 aliphatic rings. The van der Waals surface area contributed by atoms with Crippen molar-refractivity contribution in [3.63, 3.8) is 0 Å². The maximum Gasteiger partial charge on any atom is 0.191 e. The molecular weight excluding hydrogens is 459 g/mol. The number of hydrogen-bond acceptors (Lipinski definition) is 5. The van der Waals surface area contributed by atoms with Crippen LogP contribution in [0.1, 0.15) is 38.3 Å². The van der Waals surface area contributed by atoms with E-state index in [4.69, 9.17) is 13.9 Å². The Morgan fingerprint density at radius 2 is 2.00 bits per heavy atom. The SMILES string of the molecule is CCNC(=NCC(C)(C)OC)NCC(c1ccc(C)o1)N1CCOCC1.I. The number of aryl methyl sites for hydroxylation is 1. The van der Waals surface area contributed by atoms with Crippen LogP contribution in [0.25, 0.3) is 0 Å². The van der Waals surface area contributed by atoms with Crippen molar-refractivity contribution in [1.82, 2.24) is 15.5 Å². The summed E-state index contributed by atoms with van der Waals surface area (Å²) in [6, 6.07) is 4.23. The molecule has 0 aliphatic carbocycles. The fraction of sp³-hybridized carbons (Fsp3) is 0.737. The number of hydrogen-bond donors (Lipinski definition) is 2. The molecule has 0 saturated carbocycles. The van der Waals surface area contributed by atoms with E-state index < -0.39 is 0 Å². The van der Waals surface area contributed by atoms with Crippen LogP contribution in [-0.2, 0) is 9.47 Å². The Hall–Kier alpha value is -0.840. The van der Waals surface area contributed by atoms with E-state index in [2.05, 4.69) is 33.5 Å². The van der Waals surface area contributed by atoms with Gasteiger partial charge in [-0.3, -0.25) is 9.89 Å². The third kappa shape index (κ3) is 7.97. The van der Waals surface area contributed by atoms with E-state index in [1.807, 2.05) is 26.8 Å². The predicted molar refractivity (Wildman–Crippen MR) is 119 cm³/mol. The molecule has 0 spiro atoms. The van der Waals surface area contributed by atoms with Gasteiger partial charge in [-0.25, -0.2) is 0 Å². The molecule has 0 aromatic carbocycles. The zero-order valence-corrected chi connectivity index (χ0v) is 19.5. The lowest BCUT2D eigenvalue weighted by molar-refractivity contribution is 0.0124. The van der Waals surface area contributed by atoms with Crippen LogP contribution in [0, 0.1) is 6.92 Å². The summed E-state index contributed by atoms with van der Waals surface area (Å²) in [6.45, 7) is 13.5. The molecule has 1 aromatic heterocycles. The standard InChI is InChI=1S/C19H34N4O3.HI/c1-6-20-18(22-14-19(3,4)24-5)21-13-16(17-8-7-15(2)26-17)23-9-11-25-12-10-23;/h7-8,16H,6,9-14H2,1-5H3,(H2,20,21,22);1H. The number of methoxy groups -OCH3 is 1. The Bertz CT molecular complexity index is 571. The number of guanidine groups is 1. The second kappa shape index (κ2) is 11.9. The van der Waals surface area contributed by atoms with Gasteiger partial charge in [0.25, 0.3) is 0 Å². The molecule has 1 aliphatic heterocycles. The van der Waals surface area contributed by atoms with E-state index in [1.54, 1.807) is 7.11 Å². The highest BCUT2D eigenvalue weighted by molar-refractivity contribution is 14.0. The van der Waals surface area contributed by atoms with Gasteiger partial charge in [0.1, 0.15) is 11.5 Å². The molecule has 1 atom stereocenters. The average molecular weight is 494 g/mol. The first-order valence-electron chi connectivity index (χ1n) is 9.40. The summed E-state index contributed by atoms with van der Waals surface area (Å²) in [6.07, 6.45) is 0. The summed E-state index contributed by atoms with van der Waals surface area (Å²) in [5.74, 6) is 2.70. The first kappa shape index (κ1) is 24.2. The minimum Gasteiger partial charge on any atom is -0.465 e. The van der Waals surface area contributed by atoms with Crippen molar-refractivity contribution < 1.29 is 13.9 Å². The molecule has 0 bridgehead atoms. The van der Waals surface area contributed by atoms with Crippen molar-refractivity contribution in [3.8, 4) is 0 Å². The molecule has 1 aromatic rings. The monoisotopic (exact) mass is 494 g/mol. The molecule has 1 saturated heterocycles. The van der Waals surface area contributed by atoms with Gasteiger partial charge in [-0.1, -0.05) is 0 Å². The van der Waals surface area contributed by atoms with Gasteiger partial charge in [0.2, 0.25) is 0 Å². The Morgan fingerprint density at radius 3 is 2.56 bits per heavy atom.